The first kappa shape index (κ1) is 18.8. The predicted octanol–water partition coefficient (Wildman–Crippen LogP) is 6.27. The molecule has 0 radical (unpaired) electrons. The Bertz CT molecular complexity index is 1130. The van der Waals surface area contributed by atoms with Gasteiger partial charge in [-0.3, -0.25) is 10.1 Å². The van der Waals surface area contributed by atoms with Crippen LogP contribution in [0.5, 0.6) is 0 Å². The average molecular weight is 400 g/mol. The van der Waals surface area contributed by atoms with Gasteiger partial charge in [0, 0.05) is 17.0 Å². The van der Waals surface area contributed by atoms with Gasteiger partial charge in [-0.1, -0.05) is 66.7 Å². The van der Waals surface area contributed by atoms with Gasteiger partial charge < -0.3 is 0 Å². The van der Waals surface area contributed by atoms with Gasteiger partial charge in [0.15, 0.2) is 5.13 Å². The highest BCUT2D eigenvalue weighted by Gasteiger charge is 2.07. The highest BCUT2D eigenvalue weighted by Crippen LogP contribution is 2.27. The van der Waals surface area contributed by atoms with E-state index >= 15 is 0 Å². The van der Waals surface area contributed by atoms with Crippen molar-refractivity contribution >= 4 is 28.5 Å². The number of rotatable bonds is 5. The van der Waals surface area contributed by atoms with E-state index in [1.807, 2.05) is 35.7 Å². The minimum Gasteiger partial charge on any atom is -0.298 e. The number of nitrogens with one attached hydrogen (secondary N) is 1. The van der Waals surface area contributed by atoms with Crippen molar-refractivity contribution in [3.8, 4) is 22.4 Å². The lowest BCUT2D eigenvalue weighted by atomic mass is 10.0. The van der Waals surface area contributed by atoms with Crippen molar-refractivity contribution in [2.24, 2.45) is 0 Å². The minimum atomic E-state index is -0.307. The maximum absolute atomic E-state index is 12.9. The second-order valence-electron chi connectivity index (χ2n) is 6.36. The molecule has 0 fully saturated rings. The lowest BCUT2D eigenvalue weighted by molar-refractivity contribution is -0.111. The molecule has 0 aliphatic heterocycles. The number of nitrogens with zero attached hydrogens (tertiary/aromatic N) is 1. The van der Waals surface area contributed by atoms with Crippen LogP contribution in [-0.2, 0) is 4.79 Å². The summed E-state index contributed by atoms with van der Waals surface area (Å²) in [7, 11) is 0. The number of hydrogen-bond donors (Lipinski definition) is 1. The summed E-state index contributed by atoms with van der Waals surface area (Å²) in [5, 5.41) is 5.20. The first-order valence-electron chi connectivity index (χ1n) is 9.03. The zero-order chi connectivity index (χ0) is 20.1. The Balaban J connectivity index is 1.41. The molecule has 3 nitrogen and oxygen atoms in total. The summed E-state index contributed by atoms with van der Waals surface area (Å²) in [5.41, 5.74) is 4.86. The van der Waals surface area contributed by atoms with Gasteiger partial charge in [-0.05, 0) is 34.9 Å². The molecule has 0 atom stereocenters. The zero-order valence-electron chi connectivity index (χ0n) is 15.4. The van der Waals surface area contributed by atoms with Crippen LogP contribution in [0.15, 0.2) is 90.3 Å². The molecule has 1 N–H and O–H groups in total. The van der Waals surface area contributed by atoms with Crippen LogP contribution >= 0.6 is 11.3 Å². The van der Waals surface area contributed by atoms with Crippen molar-refractivity contribution in [1.29, 1.82) is 0 Å². The number of anilines is 1. The number of amides is 1. The topological polar surface area (TPSA) is 42.0 Å². The van der Waals surface area contributed by atoms with Crippen LogP contribution in [-0.4, -0.2) is 10.9 Å². The third kappa shape index (κ3) is 4.83. The van der Waals surface area contributed by atoms with E-state index < -0.39 is 0 Å². The molecular formula is C24H17FN2OS. The third-order valence-corrected chi connectivity index (χ3v) is 5.08. The molecule has 0 saturated carbocycles. The van der Waals surface area contributed by atoms with Crippen LogP contribution in [0, 0.1) is 5.82 Å². The van der Waals surface area contributed by atoms with Gasteiger partial charge >= 0.3 is 0 Å². The van der Waals surface area contributed by atoms with Crippen molar-refractivity contribution in [3.63, 3.8) is 0 Å². The molecule has 0 bridgehead atoms. The van der Waals surface area contributed by atoms with Gasteiger partial charge in [0.25, 0.3) is 0 Å². The van der Waals surface area contributed by atoms with Gasteiger partial charge in [0.1, 0.15) is 5.82 Å². The molecule has 5 heteroatoms. The van der Waals surface area contributed by atoms with Crippen LogP contribution in [0.1, 0.15) is 5.56 Å². The standard InChI is InChI=1S/C24H17FN2OS/c25-21-13-6-17(7-14-21)8-15-23(28)27-24-26-22(16-29-24)20-11-9-19(10-12-20)18-4-2-1-3-5-18/h1-16H,(H,26,27,28)/b15-8+. The molecule has 29 heavy (non-hydrogen) atoms. The summed E-state index contributed by atoms with van der Waals surface area (Å²) in [6, 6.07) is 24.3. The van der Waals surface area contributed by atoms with E-state index in [4.69, 9.17) is 0 Å². The van der Waals surface area contributed by atoms with E-state index in [0.717, 1.165) is 22.4 Å². The van der Waals surface area contributed by atoms with Crippen LogP contribution < -0.4 is 5.32 Å². The molecule has 0 saturated heterocycles. The van der Waals surface area contributed by atoms with Crippen molar-refractivity contribution < 1.29 is 9.18 Å². The van der Waals surface area contributed by atoms with E-state index in [1.54, 1.807) is 18.2 Å². The predicted molar refractivity (Wildman–Crippen MR) is 117 cm³/mol. The molecular weight excluding hydrogens is 383 g/mol. The molecule has 3 aromatic carbocycles. The number of thiazole rings is 1. The molecule has 4 aromatic rings. The lowest BCUT2D eigenvalue weighted by Gasteiger charge is -2.03. The Morgan fingerprint density at radius 2 is 1.52 bits per heavy atom. The van der Waals surface area contributed by atoms with Crippen LogP contribution in [0.25, 0.3) is 28.5 Å². The summed E-state index contributed by atoms with van der Waals surface area (Å²) >= 11 is 1.37. The maximum Gasteiger partial charge on any atom is 0.250 e. The van der Waals surface area contributed by atoms with E-state index in [9.17, 15) is 9.18 Å². The van der Waals surface area contributed by atoms with E-state index in [1.165, 1.54) is 35.1 Å². The summed E-state index contributed by atoms with van der Waals surface area (Å²) < 4.78 is 12.9. The Hall–Kier alpha value is -3.57. The van der Waals surface area contributed by atoms with Crippen molar-refractivity contribution in [1.82, 2.24) is 4.98 Å². The minimum absolute atomic E-state index is 0.283. The fourth-order valence-corrected chi connectivity index (χ4v) is 3.54. The zero-order valence-corrected chi connectivity index (χ0v) is 16.2. The molecule has 1 heterocycles. The lowest BCUT2D eigenvalue weighted by Crippen LogP contribution is -2.07. The van der Waals surface area contributed by atoms with Gasteiger partial charge in [-0.2, -0.15) is 0 Å². The number of halogens is 1. The van der Waals surface area contributed by atoms with E-state index in [2.05, 4.69) is 34.6 Å². The molecule has 4 rings (SSSR count). The van der Waals surface area contributed by atoms with Crippen molar-refractivity contribution in [2.75, 3.05) is 5.32 Å². The monoisotopic (exact) mass is 400 g/mol. The first-order chi connectivity index (χ1) is 14.2. The van der Waals surface area contributed by atoms with Crippen LogP contribution in [0.3, 0.4) is 0 Å². The number of carbonyl (C=O) groups excluding carboxylic acids is 1. The van der Waals surface area contributed by atoms with Crippen molar-refractivity contribution in [2.45, 2.75) is 0 Å². The van der Waals surface area contributed by atoms with Crippen LogP contribution in [0.4, 0.5) is 9.52 Å². The van der Waals surface area contributed by atoms with Gasteiger partial charge in [0.05, 0.1) is 5.69 Å². The van der Waals surface area contributed by atoms with E-state index in [-0.39, 0.29) is 11.7 Å². The van der Waals surface area contributed by atoms with Gasteiger partial charge in [-0.25, -0.2) is 9.37 Å². The average Bonchev–Trinajstić information content (AvgIpc) is 3.22. The second-order valence-corrected chi connectivity index (χ2v) is 7.21. The molecule has 0 aliphatic carbocycles. The second kappa shape index (κ2) is 8.63. The Labute approximate surface area is 172 Å². The number of hydrogen-bond acceptors (Lipinski definition) is 3. The molecule has 142 valence electrons. The summed E-state index contributed by atoms with van der Waals surface area (Å²) in [4.78, 5) is 16.6. The van der Waals surface area contributed by atoms with Crippen molar-refractivity contribution in [3.05, 3.63) is 102 Å². The molecule has 0 spiro atoms. The summed E-state index contributed by atoms with van der Waals surface area (Å²) in [6.45, 7) is 0. The first-order valence-corrected chi connectivity index (χ1v) is 9.91. The third-order valence-electron chi connectivity index (χ3n) is 4.32. The molecule has 0 unspecified atom stereocenters. The fraction of sp³-hybridized carbons (Fsp3) is 0. The Morgan fingerprint density at radius 3 is 2.24 bits per heavy atom. The highest BCUT2D eigenvalue weighted by atomic mass is 32.1. The smallest absolute Gasteiger partial charge is 0.250 e. The molecule has 1 amide bonds. The number of carbonyl (C=O) groups is 1. The number of benzene rings is 3. The molecule has 0 aliphatic rings. The highest BCUT2D eigenvalue weighted by molar-refractivity contribution is 7.14. The van der Waals surface area contributed by atoms with Crippen LogP contribution in [0.2, 0.25) is 0 Å². The number of aromatic nitrogens is 1. The quantitative estimate of drug-likeness (QED) is 0.401. The van der Waals surface area contributed by atoms with Gasteiger partial charge in [-0.15, -0.1) is 11.3 Å². The Kier molecular flexibility index (Phi) is 5.59. The van der Waals surface area contributed by atoms with E-state index in [0.29, 0.717) is 5.13 Å². The van der Waals surface area contributed by atoms with Gasteiger partial charge in [0.2, 0.25) is 5.91 Å². The Morgan fingerprint density at radius 1 is 0.862 bits per heavy atom. The summed E-state index contributed by atoms with van der Waals surface area (Å²) in [5.74, 6) is -0.589. The fourth-order valence-electron chi connectivity index (χ4n) is 2.82. The largest absolute Gasteiger partial charge is 0.298 e. The normalized spacial score (nSPS) is 10.9. The molecule has 1 aromatic heterocycles. The maximum atomic E-state index is 12.9. The SMILES string of the molecule is O=C(/C=C/c1ccc(F)cc1)Nc1nc(-c2ccc(-c3ccccc3)cc2)cs1. The summed E-state index contributed by atoms with van der Waals surface area (Å²) in [6.07, 6.45) is 3.04.